The standard InChI is InChI=1S/C22H19N9O/c23-27-24-13-22-20(31-14-18(25-29-31)16-7-3-1-4-8-16)11-12-21(32-22)19-15-30(28-26-19)17-9-5-2-6-10-17/h1-12,14-15,20-22H,13H2/t20-,21-,22+/m0/s1. The lowest BCUT2D eigenvalue weighted by Crippen LogP contribution is -2.33. The Morgan fingerprint density at radius 2 is 1.72 bits per heavy atom. The van der Waals surface area contributed by atoms with E-state index in [0.29, 0.717) is 5.69 Å². The molecule has 0 aliphatic carbocycles. The van der Waals surface area contributed by atoms with Crippen LogP contribution >= 0.6 is 0 Å². The molecule has 10 heteroatoms. The molecule has 0 spiro atoms. The highest BCUT2D eigenvalue weighted by Crippen LogP contribution is 2.31. The average Bonchev–Trinajstić information content (AvgIpc) is 3.54. The summed E-state index contributed by atoms with van der Waals surface area (Å²) in [4.78, 5) is 2.90. The van der Waals surface area contributed by atoms with Gasteiger partial charge in [-0.2, -0.15) is 0 Å². The minimum absolute atomic E-state index is 0.148. The van der Waals surface area contributed by atoms with Gasteiger partial charge >= 0.3 is 0 Å². The van der Waals surface area contributed by atoms with Crippen molar-refractivity contribution in [3.63, 3.8) is 0 Å². The third kappa shape index (κ3) is 4.00. The van der Waals surface area contributed by atoms with Crippen LogP contribution in [-0.2, 0) is 4.74 Å². The van der Waals surface area contributed by atoms with Crippen molar-refractivity contribution in [3.8, 4) is 16.9 Å². The highest BCUT2D eigenvalue weighted by Gasteiger charge is 2.31. The lowest BCUT2D eigenvalue weighted by atomic mass is 10.0. The van der Waals surface area contributed by atoms with Crippen LogP contribution < -0.4 is 0 Å². The number of benzene rings is 2. The van der Waals surface area contributed by atoms with Gasteiger partial charge in [0.15, 0.2) is 0 Å². The molecule has 5 rings (SSSR count). The minimum Gasteiger partial charge on any atom is -0.362 e. The summed E-state index contributed by atoms with van der Waals surface area (Å²) in [5, 5.41) is 20.8. The fourth-order valence-electron chi connectivity index (χ4n) is 3.63. The molecule has 3 atom stereocenters. The molecule has 10 nitrogen and oxygen atoms in total. The van der Waals surface area contributed by atoms with Crippen molar-refractivity contribution < 1.29 is 4.74 Å². The number of nitrogens with zero attached hydrogens (tertiary/aromatic N) is 9. The Morgan fingerprint density at radius 3 is 2.50 bits per heavy atom. The lowest BCUT2D eigenvalue weighted by molar-refractivity contribution is -0.0182. The fraction of sp³-hybridized carbons (Fsp3) is 0.182. The average molecular weight is 425 g/mol. The molecule has 0 unspecified atom stereocenters. The van der Waals surface area contributed by atoms with Crippen molar-refractivity contribution >= 4 is 0 Å². The quantitative estimate of drug-likeness (QED) is 0.200. The van der Waals surface area contributed by atoms with E-state index in [1.807, 2.05) is 85.2 Å². The second-order valence-corrected chi connectivity index (χ2v) is 7.26. The first-order valence-corrected chi connectivity index (χ1v) is 10.1. The molecule has 32 heavy (non-hydrogen) atoms. The Hall–Kier alpha value is -4.27. The third-order valence-electron chi connectivity index (χ3n) is 5.22. The number of para-hydroxylation sites is 1. The van der Waals surface area contributed by atoms with Crippen molar-refractivity contribution in [2.45, 2.75) is 18.2 Å². The fourth-order valence-corrected chi connectivity index (χ4v) is 3.63. The van der Waals surface area contributed by atoms with Gasteiger partial charge in [0.2, 0.25) is 0 Å². The number of ether oxygens (including phenoxy) is 1. The molecule has 1 aliphatic heterocycles. The number of rotatable bonds is 6. The summed E-state index contributed by atoms with van der Waals surface area (Å²) < 4.78 is 9.68. The number of azide groups is 1. The van der Waals surface area contributed by atoms with Gasteiger partial charge in [0.25, 0.3) is 0 Å². The van der Waals surface area contributed by atoms with Crippen molar-refractivity contribution in [2.75, 3.05) is 6.54 Å². The Kier molecular flexibility index (Phi) is 5.44. The van der Waals surface area contributed by atoms with E-state index in [1.54, 1.807) is 9.36 Å². The van der Waals surface area contributed by atoms with E-state index in [2.05, 4.69) is 30.7 Å². The molecule has 0 fully saturated rings. The van der Waals surface area contributed by atoms with Crippen LogP contribution in [0.15, 0.2) is 90.3 Å². The van der Waals surface area contributed by atoms with E-state index in [4.69, 9.17) is 10.3 Å². The van der Waals surface area contributed by atoms with E-state index in [0.717, 1.165) is 16.9 Å². The van der Waals surface area contributed by atoms with Crippen molar-refractivity contribution in [1.82, 2.24) is 30.0 Å². The van der Waals surface area contributed by atoms with Crippen LogP contribution in [-0.4, -0.2) is 42.6 Å². The van der Waals surface area contributed by atoms with Crippen molar-refractivity contribution in [3.05, 3.63) is 101 Å². The normalized spacial score (nSPS) is 20.1. The summed E-state index contributed by atoms with van der Waals surface area (Å²) in [5.41, 5.74) is 12.1. The van der Waals surface area contributed by atoms with Gasteiger partial charge in [-0.1, -0.05) is 76.2 Å². The largest absolute Gasteiger partial charge is 0.362 e. The molecule has 4 aromatic rings. The summed E-state index contributed by atoms with van der Waals surface area (Å²) in [5.74, 6) is 0. The molecule has 0 radical (unpaired) electrons. The molecular formula is C22H19N9O. The molecule has 2 aromatic heterocycles. The van der Waals surface area contributed by atoms with Gasteiger partial charge < -0.3 is 4.74 Å². The van der Waals surface area contributed by atoms with E-state index in [-0.39, 0.29) is 12.6 Å². The van der Waals surface area contributed by atoms with E-state index < -0.39 is 12.2 Å². The zero-order valence-corrected chi connectivity index (χ0v) is 17.0. The van der Waals surface area contributed by atoms with Gasteiger partial charge in [-0.15, -0.1) is 10.2 Å². The second kappa shape index (κ2) is 8.84. The predicted octanol–water partition coefficient (Wildman–Crippen LogP) is 4.07. The second-order valence-electron chi connectivity index (χ2n) is 7.26. The Balaban J connectivity index is 1.41. The molecule has 0 amide bonds. The maximum atomic E-state index is 8.84. The Morgan fingerprint density at radius 1 is 0.938 bits per heavy atom. The summed E-state index contributed by atoms with van der Waals surface area (Å²) in [6, 6.07) is 19.3. The molecule has 0 bridgehead atoms. The first-order chi connectivity index (χ1) is 15.8. The first kappa shape index (κ1) is 19.7. The number of hydrogen-bond donors (Lipinski definition) is 0. The summed E-state index contributed by atoms with van der Waals surface area (Å²) in [6.45, 7) is 0.148. The third-order valence-corrected chi connectivity index (χ3v) is 5.22. The van der Waals surface area contributed by atoms with Crippen LogP contribution in [0.4, 0.5) is 0 Å². The maximum Gasteiger partial charge on any atom is 0.122 e. The Labute approximate surface area is 183 Å². The van der Waals surface area contributed by atoms with E-state index in [1.165, 1.54) is 0 Å². The molecular weight excluding hydrogens is 406 g/mol. The minimum atomic E-state index is -0.437. The molecule has 2 aromatic carbocycles. The smallest absolute Gasteiger partial charge is 0.122 e. The zero-order valence-electron chi connectivity index (χ0n) is 17.0. The molecule has 0 N–H and O–H groups in total. The summed E-state index contributed by atoms with van der Waals surface area (Å²) in [7, 11) is 0. The maximum absolute atomic E-state index is 8.84. The van der Waals surface area contributed by atoms with Gasteiger partial charge in [0.05, 0.1) is 36.8 Å². The molecule has 0 saturated heterocycles. The van der Waals surface area contributed by atoms with Crippen LogP contribution in [0.3, 0.4) is 0 Å². The van der Waals surface area contributed by atoms with Gasteiger partial charge in [0.1, 0.15) is 17.5 Å². The summed E-state index contributed by atoms with van der Waals surface area (Å²) >= 11 is 0. The van der Waals surface area contributed by atoms with Crippen LogP contribution in [0.5, 0.6) is 0 Å². The SMILES string of the molecule is [N-]=[N+]=NC[C@H]1O[C@H](c2cn(-c3ccccc3)nn2)C=C[C@@H]1n1cc(-c2ccccc2)nn1. The van der Waals surface area contributed by atoms with E-state index >= 15 is 0 Å². The molecule has 3 heterocycles. The van der Waals surface area contributed by atoms with Crippen LogP contribution in [0.2, 0.25) is 0 Å². The number of aromatic nitrogens is 6. The topological polar surface area (TPSA) is 119 Å². The molecule has 158 valence electrons. The highest BCUT2D eigenvalue weighted by molar-refractivity contribution is 5.57. The molecule has 1 aliphatic rings. The van der Waals surface area contributed by atoms with Gasteiger partial charge in [-0.25, -0.2) is 9.36 Å². The summed E-state index contributed by atoms with van der Waals surface area (Å²) in [6.07, 6.45) is 6.74. The number of hydrogen-bond acceptors (Lipinski definition) is 6. The predicted molar refractivity (Wildman–Crippen MR) is 117 cm³/mol. The van der Waals surface area contributed by atoms with Gasteiger partial charge in [-0.05, 0) is 17.7 Å². The molecule has 0 saturated carbocycles. The first-order valence-electron chi connectivity index (χ1n) is 10.1. The van der Waals surface area contributed by atoms with Crippen molar-refractivity contribution in [1.29, 1.82) is 0 Å². The van der Waals surface area contributed by atoms with Gasteiger partial charge in [-0.3, -0.25) is 0 Å². The highest BCUT2D eigenvalue weighted by atomic mass is 16.5. The lowest BCUT2D eigenvalue weighted by Gasteiger charge is -2.30. The van der Waals surface area contributed by atoms with Crippen LogP contribution in [0.1, 0.15) is 17.8 Å². The Bertz CT molecular complexity index is 1260. The zero-order chi connectivity index (χ0) is 21.8. The van der Waals surface area contributed by atoms with Crippen molar-refractivity contribution in [2.24, 2.45) is 5.11 Å². The monoisotopic (exact) mass is 425 g/mol. The van der Waals surface area contributed by atoms with Crippen LogP contribution in [0.25, 0.3) is 27.4 Å². The van der Waals surface area contributed by atoms with Crippen LogP contribution in [0, 0.1) is 0 Å². The van der Waals surface area contributed by atoms with E-state index in [9.17, 15) is 0 Å². The van der Waals surface area contributed by atoms with Gasteiger partial charge in [0, 0.05) is 10.5 Å².